The molecule has 1 saturated heterocycles. The van der Waals surface area contributed by atoms with Crippen LogP contribution in [0.1, 0.15) is 24.5 Å². The summed E-state index contributed by atoms with van der Waals surface area (Å²) in [7, 11) is 0. The van der Waals surface area contributed by atoms with Gasteiger partial charge in [0.2, 0.25) is 17.7 Å². The van der Waals surface area contributed by atoms with Crippen LogP contribution in [-0.4, -0.2) is 28.7 Å². The van der Waals surface area contributed by atoms with Gasteiger partial charge in [-0.1, -0.05) is 28.1 Å². The standard InChI is InChI=1S/C22H23BrN2O3/c1-9-7-17(10(2)6-16(9)23)24-20(26)11(3)25-21(27)18-12-4-5-13(15-8-14(12)15)19(18)22(25)28/h4-7,11-15,18-19H,8H2,1-3H3,(H,24,26)/t11-,12-,13-,14-,15+,18+,19+/m0/s1. The molecule has 1 aliphatic heterocycles. The lowest BCUT2D eigenvalue weighted by molar-refractivity contribution is -0.146. The molecule has 6 heteroatoms. The molecular weight excluding hydrogens is 420 g/mol. The van der Waals surface area contributed by atoms with Crippen molar-refractivity contribution in [2.75, 3.05) is 5.32 Å². The van der Waals surface area contributed by atoms with Crippen molar-refractivity contribution in [2.24, 2.45) is 35.5 Å². The van der Waals surface area contributed by atoms with E-state index in [4.69, 9.17) is 0 Å². The Balaban J connectivity index is 1.38. The zero-order valence-electron chi connectivity index (χ0n) is 16.1. The van der Waals surface area contributed by atoms with Crippen molar-refractivity contribution in [1.29, 1.82) is 0 Å². The maximum Gasteiger partial charge on any atom is 0.247 e. The van der Waals surface area contributed by atoms with Crippen molar-refractivity contribution < 1.29 is 14.4 Å². The molecule has 0 aromatic heterocycles. The Hall–Kier alpha value is -1.95. The molecule has 28 heavy (non-hydrogen) atoms. The monoisotopic (exact) mass is 442 g/mol. The van der Waals surface area contributed by atoms with E-state index >= 15 is 0 Å². The summed E-state index contributed by atoms with van der Waals surface area (Å²) in [5, 5.41) is 2.91. The molecule has 3 amide bonds. The molecule has 1 aromatic carbocycles. The Labute approximate surface area is 172 Å². The maximum atomic E-state index is 13.2. The number of rotatable bonds is 3. The number of nitrogens with zero attached hydrogens (tertiary/aromatic N) is 1. The fraction of sp³-hybridized carbons (Fsp3) is 0.500. The molecule has 2 bridgehead atoms. The molecule has 146 valence electrons. The fourth-order valence-electron chi connectivity index (χ4n) is 5.63. The SMILES string of the molecule is Cc1cc(NC(=O)[C@H](C)N2C(=O)[C@@H]3[C@H]4C=C[C@@H]([C@@H]5C[C@H]45)[C@H]3C2=O)c(C)cc1Br. The van der Waals surface area contributed by atoms with Crippen LogP contribution in [0.25, 0.3) is 0 Å². The van der Waals surface area contributed by atoms with Crippen molar-refractivity contribution in [1.82, 2.24) is 4.90 Å². The number of nitrogens with one attached hydrogen (secondary N) is 1. The van der Waals surface area contributed by atoms with E-state index in [0.29, 0.717) is 17.5 Å². The number of aryl methyl sites for hydroxylation is 2. The second-order valence-corrected chi connectivity index (χ2v) is 9.64. The van der Waals surface area contributed by atoms with Gasteiger partial charge in [0.25, 0.3) is 0 Å². The van der Waals surface area contributed by atoms with E-state index in [1.807, 2.05) is 26.0 Å². The first-order chi connectivity index (χ1) is 13.3. The van der Waals surface area contributed by atoms with Crippen LogP contribution < -0.4 is 5.32 Å². The van der Waals surface area contributed by atoms with Gasteiger partial charge in [0.1, 0.15) is 6.04 Å². The van der Waals surface area contributed by atoms with Crippen LogP contribution in [0, 0.1) is 49.4 Å². The Morgan fingerprint density at radius 2 is 1.64 bits per heavy atom. The highest BCUT2D eigenvalue weighted by Gasteiger charge is 2.67. The second-order valence-electron chi connectivity index (χ2n) is 8.78. The predicted octanol–water partition coefficient (Wildman–Crippen LogP) is 3.45. The summed E-state index contributed by atoms with van der Waals surface area (Å²) in [4.78, 5) is 40.5. The van der Waals surface area contributed by atoms with Gasteiger partial charge < -0.3 is 5.32 Å². The van der Waals surface area contributed by atoms with Crippen LogP contribution >= 0.6 is 15.9 Å². The molecule has 7 atom stereocenters. The third kappa shape index (κ3) is 2.39. The first kappa shape index (κ1) is 18.1. The largest absolute Gasteiger partial charge is 0.324 e. The van der Waals surface area contributed by atoms with Gasteiger partial charge in [0.15, 0.2) is 0 Å². The van der Waals surface area contributed by atoms with E-state index in [2.05, 4.69) is 33.4 Å². The van der Waals surface area contributed by atoms with E-state index in [1.165, 1.54) is 4.90 Å². The summed E-state index contributed by atoms with van der Waals surface area (Å²) in [5.74, 6) is 0.293. The number of halogens is 1. The van der Waals surface area contributed by atoms with Crippen LogP contribution in [0.5, 0.6) is 0 Å². The van der Waals surface area contributed by atoms with Gasteiger partial charge in [-0.25, -0.2) is 0 Å². The first-order valence-electron chi connectivity index (χ1n) is 9.92. The lowest BCUT2D eigenvalue weighted by Gasteiger charge is -2.37. The van der Waals surface area contributed by atoms with Crippen LogP contribution in [0.2, 0.25) is 0 Å². The number of carbonyl (C=O) groups excluding carboxylic acids is 3. The quantitative estimate of drug-likeness (QED) is 0.575. The van der Waals surface area contributed by atoms with Gasteiger partial charge in [-0.2, -0.15) is 0 Å². The van der Waals surface area contributed by atoms with Gasteiger partial charge in [-0.05, 0) is 74.1 Å². The molecule has 5 nitrogen and oxygen atoms in total. The van der Waals surface area contributed by atoms with Crippen LogP contribution in [0.15, 0.2) is 28.8 Å². The minimum absolute atomic E-state index is 0.161. The molecule has 4 aliphatic carbocycles. The zero-order valence-corrected chi connectivity index (χ0v) is 17.7. The summed E-state index contributed by atoms with van der Waals surface area (Å²) in [6, 6.07) is 3.03. The molecule has 3 fully saturated rings. The topological polar surface area (TPSA) is 66.5 Å². The molecule has 6 rings (SSSR count). The Bertz CT molecular complexity index is 919. The normalized spacial score (nSPS) is 35.6. The average Bonchev–Trinajstić information content (AvgIpc) is 3.43. The number of anilines is 1. The molecule has 2 saturated carbocycles. The fourth-order valence-corrected chi connectivity index (χ4v) is 6.09. The summed E-state index contributed by atoms with van der Waals surface area (Å²) < 4.78 is 0.978. The second kappa shape index (κ2) is 6.02. The number of carbonyl (C=O) groups is 3. The smallest absolute Gasteiger partial charge is 0.247 e. The van der Waals surface area contributed by atoms with Gasteiger partial charge >= 0.3 is 0 Å². The number of benzene rings is 1. The average molecular weight is 443 g/mol. The lowest BCUT2D eigenvalue weighted by atomic mass is 9.63. The van der Waals surface area contributed by atoms with Gasteiger partial charge in [-0.15, -0.1) is 0 Å². The van der Waals surface area contributed by atoms with E-state index < -0.39 is 6.04 Å². The highest BCUT2D eigenvalue weighted by Crippen LogP contribution is 2.65. The van der Waals surface area contributed by atoms with E-state index in [0.717, 1.165) is 22.0 Å². The van der Waals surface area contributed by atoms with Crippen molar-refractivity contribution in [3.8, 4) is 0 Å². The highest BCUT2D eigenvalue weighted by atomic mass is 79.9. The molecule has 0 spiro atoms. The van der Waals surface area contributed by atoms with Gasteiger partial charge in [0, 0.05) is 10.2 Å². The minimum Gasteiger partial charge on any atom is -0.324 e. The van der Waals surface area contributed by atoms with Crippen LogP contribution in [0.4, 0.5) is 5.69 Å². The van der Waals surface area contributed by atoms with Crippen molar-refractivity contribution in [3.05, 3.63) is 39.9 Å². The molecular formula is C22H23BrN2O3. The summed E-state index contributed by atoms with van der Waals surface area (Å²) >= 11 is 3.49. The van der Waals surface area contributed by atoms with Crippen LogP contribution in [-0.2, 0) is 14.4 Å². The molecule has 0 unspecified atom stereocenters. The zero-order chi connectivity index (χ0) is 19.9. The summed E-state index contributed by atoms with van der Waals surface area (Å²) in [6.07, 6.45) is 5.43. The molecule has 1 heterocycles. The van der Waals surface area contributed by atoms with E-state index in [-0.39, 0.29) is 41.4 Å². The van der Waals surface area contributed by atoms with Gasteiger partial charge in [0.05, 0.1) is 11.8 Å². The predicted molar refractivity (Wildman–Crippen MR) is 108 cm³/mol. The third-order valence-electron chi connectivity index (χ3n) is 7.23. The lowest BCUT2D eigenvalue weighted by Crippen LogP contribution is -2.46. The van der Waals surface area contributed by atoms with Crippen LogP contribution in [0.3, 0.4) is 0 Å². The Morgan fingerprint density at radius 1 is 1.07 bits per heavy atom. The minimum atomic E-state index is -0.815. The van der Waals surface area contributed by atoms with Gasteiger partial charge in [-0.3, -0.25) is 19.3 Å². The number of allylic oxidation sites excluding steroid dienone is 2. The number of imide groups is 1. The molecule has 1 aromatic rings. The number of likely N-dealkylation sites (tertiary alicyclic amines) is 1. The van der Waals surface area contributed by atoms with Crippen molar-refractivity contribution in [3.63, 3.8) is 0 Å². The highest BCUT2D eigenvalue weighted by molar-refractivity contribution is 9.10. The molecule has 1 N–H and O–H groups in total. The maximum absolute atomic E-state index is 13.2. The molecule has 0 radical (unpaired) electrons. The summed E-state index contributed by atoms with van der Waals surface area (Å²) in [5.41, 5.74) is 2.64. The Morgan fingerprint density at radius 3 is 2.21 bits per heavy atom. The summed E-state index contributed by atoms with van der Waals surface area (Å²) in [6.45, 7) is 5.52. The van der Waals surface area contributed by atoms with Crippen molar-refractivity contribution >= 4 is 39.3 Å². The number of hydrogen-bond acceptors (Lipinski definition) is 3. The first-order valence-corrected chi connectivity index (χ1v) is 10.7. The Kier molecular flexibility index (Phi) is 3.89. The number of hydrogen-bond donors (Lipinski definition) is 1. The van der Waals surface area contributed by atoms with E-state index in [1.54, 1.807) is 6.92 Å². The van der Waals surface area contributed by atoms with Crippen molar-refractivity contribution in [2.45, 2.75) is 33.2 Å². The molecule has 5 aliphatic rings. The number of amides is 3. The van der Waals surface area contributed by atoms with E-state index in [9.17, 15) is 14.4 Å². The third-order valence-corrected chi connectivity index (χ3v) is 8.08.